The summed E-state index contributed by atoms with van der Waals surface area (Å²) in [7, 11) is 0. The summed E-state index contributed by atoms with van der Waals surface area (Å²) in [5.41, 5.74) is 1.59. The van der Waals surface area contributed by atoms with E-state index in [9.17, 15) is 0 Å². The topological polar surface area (TPSA) is 0 Å². The summed E-state index contributed by atoms with van der Waals surface area (Å²) in [6.07, 6.45) is 6.42. The number of hydrogen-bond donors (Lipinski definition) is 0. The van der Waals surface area contributed by atoms with Crippen LogP contribution >= 0.6 is 0 Å². The quantitative estimate of drug-likeness (QED) is 0.436. The van der Waals surface area contributed by atoms with Crippen molar-refractivity contribution in [2.45, 2.75) is 40.5 Å². The smallest absolute Gasteiger partial charge is 0.0320 e. The molecule has 1 unspecified atom stereocenters. The van der Waals surface area contributed by atoms with Gasteiger partial charge in [-0.2, -0.15) is 0 Å². The lowest BCUT2D eigenvalue weighted by Gasteiger charge is -2.14. The van der Waals surface area contributed by atoms with Crippen molar-refractivity contribution in [1.29, 1.82) is 0 Å². The lowest BCUT2D eigenvalue weighted by Crippen LogP contribution is -1.98. The van der Waals surface area contributed by atoms with Crippen molar-refractivity contribution in [3.63, 3.8) is 0 Å². The van der Waals surface area contributed by atoms with Crippen LogP contribution in [0.15, 0.2) is 11.6 Å². The molecule has 0 saturated carbocycles. The zero-order valence-electron chi connectivity index (χ0n) is 5.78. The van der Waals surface area contributed by atoms with Crippen LogP contribution in [-0.4, -0.2) is 0 Å². The molecule has 1 rings (SSSR count). The van der Waals surface area contributed by atoms with Crippen LogP contribution in [0.1, 0.15) is 40.5 Å². The minimum atomic E-state index is 0. The van der Waals surface area contributed by atoms with Gasteiger partial charge in [-0.15, -0.1) is 0 Å². The highest BCUT2D eigenvalue weighted by Crippen LogP contribution is 2.21. The monoisotopic (exact) mass is 126 g/mol. The molecule has 1 aliphatic rings. The van der Waals surface area contributed by atoms with Gasteiger partial charge >= 0.3 is 0 Å². The van der Waals surface area contributed by atoms with Gasteiger partial charge in [0.05, 0.1) is 0 Å². The fourth-order valence-corrected chi connectivity index (χ4v) is 1.10. The summed E-state index contributed by atoms with van der Waals surface area (Å²) < 4.78 is 0. The Kier molecular flexibility index (Phi) is 3.60. The highest BCUT2D eigenvalue weighted by Gasteiger charge is 2.05. The standard InChI is InChI=1S/C8H14.CH4/c1-7-3-5-8(2)6-4-7;/h3,8H,4-6H2,1-2H3;1H4. The lowest BCUT2D eigenvalue weighted by atomic mass is 9.92. The minimum absolute atomic E-state index is 0. The van der Waals surface area contributed by atoms with Gasteiger partial charge in [0, 0.05) is 0 Å². The maximum Gasteiger partial charge on any atom is -0.0320 e. The predicted octanol–water partition coefficient (Wildman–Crippen LogP) is 3.39. The molecule has 0 bridgehead atoms. The van der Waals surface area contributed by atoms with Crippen LogP contribution < -0.4 is 0 Å². The summed E-state index contributed by atoms with van der Waals surface area (Å²) in [5.74, 6) is 0.943. The van der Waals surface area contributed by atoms with Gasteiger partial charge in [-0.05, 0) is 32.1 Å². The van der Waals surface area contributed by atoms with Crippen molar-refractivity contribution < 1.29 is 0 Å². The largest absolute Gasteiger partial charge is 0.0853 e. The van der Waals surface area contributed by atoms with Gasteiger partial charge in [0.25, 0.3) is 0 Å². The van der Waals surface area contributed by atoms with Crippen LogP contribution in [-0.2, 0) is 0 Å². The molecule has 0 aliphatic heterocycles. The Bertz CT molecular complexity index is 101. The van der Waals surface area contributed by atoms with Crippen LogP contribution in [0.25, 0.3) is 0 Å². The normalized spacial score (nSPS) is 26.4. The molecule has 1 aliphatic carbocycles. The molecule has 0 amide bonds. The SMILES string of the molecule is C.CC1=CCC(C)CC1. The highest BCUT2D eigenvalue weighted by atomic mass is 14.1. The summed E-state index contributed by atoms with van der Waals surface area (Å²) in [5, 5.41) is 0. The average molecular weight is 126 g/mol. The fourth-order valence-electron chi connectivity index (χ4n) is 1.10. The van der Waals surface area contributed by atoms with Gasteiger partial charge in [-0.3, -0.25) is 0 Å². The van der Waals surface area contributed by atoms with E-state index in [-0.39, 0.29) is 7.43 Å². The third kappa shape index (κ3) is 2.69. The molecule has 0 fully saturated rings. The van der Waals surface area contributed by atoms with Gasteiger partial charge in [0.2, 0.25) is 0 Å². The molecule has 0 spiro atoms. The Labute approximate surface area is 59.0 Å². The second-order valence-electron chi connectivity index (χ2n) is 2.93. The van der Waals surface area contributed by atoms with E-state index in [0.717, 1.165) is 5.92 Å². The van der Waals surface area contributed by atoms with Gasteiger partial charge < -0.3 is 0 Å². The molecular weight excluding hydrogens is 108 g/mol. The first-order chi connectivity index (χ1) is 3.79. The molecular formula is C9H18. The van der Waals surface area contributed by atoms with E-state index in [4.69, 9.17) is 0 Å². The van der Waals surface area contributed by atoms with E-state index in [0.29, 0.717) is 0 Å². The van der Waals surface area contributed by atoms with Crippen LogP contribution in [0, 0.1) is 5.92 Å². The molecule has 1 atom stereocenters. The molecule has 0 nitrogen and oxygen atoms in total. The average Bonchev–Trinajstić information content (AvgIpc) is 1.77. The maximum atomic E-state index is 2.37. The van der Waals surface area contributed by atoms with Gasteiger partial charge in [-0.1, -0.05) is 26.0 Å². The van der Waals surface area contributed by atoms with E-state index < -0.39 is 0 Å². The predicted molar refractivity (Wildman–Crippen MR) is 43.5 cm³/mol. The summed E-state index contributed by atoms with van der Waals surface area (Å²) in [6.45, 7) is 4.55. The minimum Gasteiger partial charge on any atom is -0.0853 e. The Morgan fingerprint density at radius 2 is 2.22 bits per heavy atom. The molecule has 0 radical (unpaired) electrons. The fraction of sp³-hybridized carbons (Fsp3) is 0.778. The lowest BCUT2D eigenvalue weighted by molar-refractivity contribution is 0.514. The molecule has 0 heteroatoms. The third-order valence-corrected chi connectivity index (χ3v) is 1.90. The maximum absolute atomic E-state index is 2.37. The van der Waals surface area contributed by atoms with E-state index >= 15 is 0 Å². The van der Waals surface area contributed by atoms with E-state index in [1.807, 2.05) is 0 Å². The third-order valence-electron chi connectivity index (χ3n) is 1.90. The Morgan fingerprint density at radius 1 is 1.56 bits per heavy atom. The summed E-state index contributed by atoms with van der Waals surface area (Å²) in [6, 6.07) is 0. The molecule has 0 saturated heterocycles. The first-order valence-corrected chi connectivity index (χ1v) is 3.44. The molecule has 0 aromatic carbocycles. The van der Waals surface area contributed by atoms with Crippen molar-refractivity contribution in [2.24, 2.45) is 5.92 Å². The zero-order valence-corrected chi connectivity index (χ0v) is 5.78. The second kappa shape index (κ2) is 3.71. The molecule has 54 valence electrons. The first-order valence-electron chi connectivity index (χ1n) is 3.44. The number of allylic oxidation sites excluding steroid dienone is 2. The number of rotatable bonds is 0. The molecule has 0 aromatic rings. The first kappa shape index (κ1) is 8.74. The van der Waals surface area contributed by atoms with Crippen molar-refractivity contribution >= 4 is 0 Å². The van der Waals surface area contributed by atoms with Gasteiger partial charge in [0.15, 0.2) is 0 Å². The molecule has 0 aromatic heterocycles. The Balaban J connectivity index is 0.000000640. The van der Waals surface area contributed by atoms with E-state index in [1.54, 1.807) is 5.57 Å². The Hall–Kier alpha value is -0.260. The van der Waals surface area contributed by atoms with Crippen molar-refractivity contribution in [1.82, 2.24) is 0 Å². The van der Waals surface area contributed by atoms with E-state index in [2.05, 4.69) is 19.9 Å². The van der Waals surface area contributed by atoms with E-state index in [1.165, 1.54) is 19.3 Å². The molecule has 0 N–H and O–H groups in total. The zero-order chi connectivity index (χ0) is 5.98. The van der Waals surface area contributed by atoms with Crippen molar-refractivity contribution in [3.8, 4) is 0 Å². The number of hydrogen-bond acceptors (Lipinski definition) is 0. The van der Waals surface area contributed by atoms with Crippen LogP contribution in [0.2, 0.25) is 0 Å². The Morgan fingerprint density at radius 3 is 2.56 bits per heavy atom. The molecule has 9 heavy (non-hydrogen) atoms. The van der Waals surface area contributed by atoms with Crippen LogP contribution in [0.5, 0.6) is 0 Å². The van der Waals surface area contributed by atoms with Gasteiger partial charge in [0.1, 0.15) is 0 Å². The van der Waals surface area contributed by atoms with Crippen LogP contribution in [0.3, 0.4) is 0 Å². The summed E-state index contributed by atoms with van der Waals surface area (Å²) in [4.78, 5) is 0. The van der Waals surface area contributed by atoms with Gasteiger partial charge in [-0.25, -0.2) is 0 Å². The summed E-state index contributed by atoms with van der Waals surface area (Å²) >= 11 is 0. The molecule has 0 heterocycles. The van der Waals surface area contributed by atoms with Crippen molar-refractivity contribution in [2.75, 3.05) is 0 Å². The second-order valence-corrected chi connectivity index (χ2v) is 2.93. The van der Waals surface area contributed by atoms with Crippen LogP contribution in [0.4, 0.5) is 0 Å². The highest BCUT2D eigenvalue weighted by molar-refractivity contribution is 5.01. The van der Waals surface area contributed by atoms with Crippen molar-refractivity contribution in [3.05, 3.63) is 11.6 Å².